The molecule has 0 saturated heterocycles. The Bertz CT molecular complexity index is 810. The van der Waals surface area contributed by atoms with Crippen molar-refractivity contribution in [1.29, 1.82) is 0 Å². The number of fused-ring (bicyclic) bond motifs is 5. The largest absolute Gasteiger partial charge is 0.466 e. The lowest BCUT2D eigenvalue weighted by Gasteiger charge is -2.59. The molecule has 0 aromatic rings. The molecule has 34 heavy (non-hydrogen) atoms. The van der Waals surface area contributed by atoms with E-state index in [1.165, 1.54) is 38.5 Å². The van der Waals surface area contributed by atoms with Crippen molar-refractivity contribution < 1.29 is 14.0 Å². The molecule has 0 bridgehead atoms. The maximum atomic E-state index is 12.4. The topological polar surface area (TPSA) is 35.5 Å². The van der Waals surface area contributed by atoms with Gasteiger partial charge in [0.15, 0.2) is 8.32 Å². The standard InChI is InChI=1S/C30H52O3Si/c1-10-32-26(31)19-22-17-20(2)27-24-12-11-21-18-23(33-34(8,9)28(3,4)5)13-15-29(21,6)25(24)14-16-30(22,27)7/h11,20,22-25,27H,10,12-19H2,1-9H3/t20?,22-,23?,24-,25+,27+,29+,30-/m1/s1. The number of carbonyl (C=O) groups excluding carboxylic acids is 1. The molecule has 0 spiro atoms. The third-order valence-electron chi connectivity index (χ3n) is 11.5. The molecule has 3 fully saturated rings. The van der Waals surface area contributed by atoms with E-state index < -0.39 is 8.32 Å². The van der Waals surface area contributed by atoms with Crippen molar-refractivity contribution in [3.63, 3.8) is 0 Å². The summed E-state index contributed by atoms with van der Waals surface area (Å²) in [6.07, 6.45) is 12.4. The van der Waals surface area contributed by atoms with Crippen LogP contribution in [0.2, 0.25) is 18.1 Å². The molecule has 0 N–H and O–H groups in total. The lowest BCUT2D eigenvalue weighted by molar-refractivity contribution is -0.146. The fraction of sp³-hybridized carbons (Fsp3) is 0.900. The van der Waals surface area contributed by atoms with Crippen LogP contribution in [-0.4, -0.2) is 27.0 Å². The molecule has 0 radical (unpaired) electrons. The molecule has 4 aliphatic carbocycles. The van der Waals surface area contributed by atoms with Crippen LogP contribution in [0.1, 0.15) is 99.8 Å². The molecule has 4 heteroatoms. The van der Waals surface area contributed by atoms with Crippen LogP contribution in [0.25, 0.3) is 0 Å². The first-order valence-corrected chi connectivity index (χ1v) is 17.2. The third-order valence-corrected chi connectivity index (χ3v) is 16.1. The minimum absolute atomic E-state index is 0.0153. The summed E-state index contributed by atoms with van der Waals surface area (Å²) in [4.78, 5) is 12.4. The lowest BCUT2D eigenvalue weighted by Crippen LogP contribution is -2.52. The highest BCUT2D eigenvalue weighted by molar-refractivity contribution is 6.74. The lowest BCUT2D eigenvalue weighted by atomic mass is 9.46. The maximum absolute atomic E-state index is 12.4. The predicted octanol–water partition coefficient (Wildman–Crippen LogP) is 8.16. The molecule has 0 aromatic heterocycles. The molecule has 0 heterocycles. The van der Waals surface area contributed by atoms with Crippen LogP contribution < -0.4 is 0 Å². The van der Waals surface area contributed by atoms with E-state index in [4.69, 9.17) is 9.16 Å². The van der Waals surface area contributed by atoms with E-state index >= 15 is 0 Å². The Balaban J connectivity index is 1.52. The second-order valence-electron chi connectivity index (χ2n) is 14.4. The number of ether oxygens (including phenoxy) is 1. The van der Waals surface area contributed by atoms with E-state index in [1.807, 2.05) is 6.92 Å². The van der Waals surface area contributed by atoms with Gasteiger partial charge in [0.05, 0.1) is 6.61 Å². The maximum Gasteiger partial charge on any atom is 0.306 e. The number of hydrogen-bond acceptors (Lipinski definition) is 3. The van der Waals surface area contributed by atoms with E-state index in [1.54, 1.807) is 5.57 Å². The first-order chi connectivity index (χ1) is 15.7. The van der Waals surface area contributed by atoms with E-state index in [2.05, 4.69) is 60.7 Å². The van der Waals surface area contributed by atoms with Crippen LogP contribution >= 0.6 is 0 Å². The van der Waals surface area contributed by atoms with Crippen molar-refractivity contribution in [1.82, 2.24) is 0 Å². The normalized spacial score (nSPS) is 42.3. The van der Waals surface area contributed by atoms with Gasteiger partial charge in [0.25, 0.3) is 0 Å². The van der Waals surface area contributed by atoms with E-state index in [9.17, 15) is 4.79 Å². The Morgan fingerprint density at radius 2 is 1.88 bits per heavy atom. The first kappa shape index (κ1) is 26.4. The van der Waals surface area contributed by atoms with Crippen molar-refractivity contribution in [3.8, 4) is 0 Å². The summed E-state index contributed by atoms with van der Waals surface area (Å²) < 4.78 is 12.3. The Labute approximate surface area is 211 Å². The van der Waals surface area contributed by atoms with Gasteiger partial charge in [0, 0.05) is 12.5 Å². The molecule has 0 aliphatic heterocycles. The molecular formula is C30H52O3Si. The molecule has 4 rings (SSSR count). The van der Waals surface area contributed by atoms with E-state index in [0.29, 0.717) is 36.4 Å². The van der Waals surface area contributed by atoms with Gasteiger partial charge in [-0.2, -0.15) is 0 Å². The molecule has 0 aromatic carbocycles. The summed E-state index contributed by atoms with van der Waals surface area (Å²) in [5.41, 5.74) is 2.34. The number of allylic oxidation sites excluding steroid dienone is 1. The van der Waals surface area contributed by atoms with Crippen LogP contribution in [-0.2, 0) is 14.0 Å². The van der Waals surface area contributed by atoms with Gasteiger partial charge in [0.1, 0.15) is 0 Å². The predicted molar refractivity (Wildman–Crippen MR) is 143 cm³/mol. The zero-order chi connectivity index (χ0) is 25.1. The first-order valence-electron chi connectivity index (χ1n) is 14.3. The highest BCUT2D eigenvalue weighted by atomic mass is 28.4. The number of esters is 1. The van der Waals surface area contributed by atoms with Gasteiger partial charge in [-0.05, 0) is 110 Å². The summed E-state index contributed by atoms with van der Waals surface area (Å²) in [5.74, 6) is 3.51. The van der Waals surface area contributed by atoms with Gasteiger partial charge in [-0.1, -0.05) is 53.2 Å². The minimum atomic E-state index is -1.74. The third kappa shape index (κ3) is 4.38. The fourth-order valence-electron chi connectivity index (χ4n) is 8.75. The van der Waals surface area contributed by atoms with Gasteiger partial charge in [-0.3, -0.25) is 4.79 Å². The minimum Gasteiger partial charge on any atom is -0.466 e. The van der Waals surface area contributed by atoms with Crippen molar-refractivity contribution in [2.45, 2.75) is 124 Å². The summed E-state index contributed by atoms with van der Waals surface area (Å²) >= 11 is 0. The van der Waals surface area contributed by atoms with Crippen LogP contribution in [0.4, 0.5) is 0 Å². The summed E-state index contributed by atoms with van der Waals surface area (Å²) in [7, 11) is -1.74. The number of rotatable bonds is 5. The van der Waals surface area contributed by atoms with Gasteiger partial charge < -0.3 is 9.16 Å². The van der Waals surface area contributed by atoms with Gasteiger partial charge in [0.2, 0.25) is 0 Å². The highest BCUT2D eigenvalue weighted by Crippen LogP contribution is 2.68. The second kappa shape index (κ2) is 9.05. The van der Waals surface area contributed by atoms with Crippen molar-refractivity contribution in [2.75, 3.05) is 6.61 Å². The molecule has 194 valence electrons. The molecule has 8 atom stereocenters. The molecule has 3 saturated carbocycles. The molecular weight excluding hydrogens is 436 g/mol. The van der Waals surface area contributed by atoms with Crippen molar-refractivity contribution in [3.05, 3.63) is 11.6 Å². The monoisotopic (exact) mass is 488 g/mol. The Kier molecular flexibility index (Phi) is 7.04. The van der Waals surface area contributed by atoms with Crippen molar-refractivity contribution >= 4 is 14.3 Å². The SMILES string of the molecule is CCOC(=O)C[C@H]1CC(C)[C@H]2[C@@H]3CC=C4CC(O[Si](C)(C)C(C)(C)C)CC[C@]4(C)[C@H]3CC[C@]12C. The van der Waals surface area contributed by atoms with Crippen molar-refractivity contribution in [2.24, 2.45) is 40.4 Å². The van der Waals surface area contributed by atoms with E-state index in [-0.39, 0.29) is 16.4 Å². The van der Waals surface area contributed by atoms with Gasteiger partial charge >= 0.3 is 5.97 Å². The average Bonchev–Trinajstić information content (AvgIpc) is 2.97. The van der Waals surface area contributed by atoms with E-state index in [0.717, 1.165) is 24.2 Å². The Morgan fingerprint density at radius 3 is 2.53 bits per heavy atom. The highest BCUT2D eigenvalue weighted by Gasteiger charge is 2.61. The molecule has 3 nitrogen and oxygen atoms in total. The fourth-order valence-corrected chi connectivity index (χ4v) is 10.1. The van der Waals surface area contributed by atoms with Crippen LogP contribution in [0.3, 0.4) is 0 Å². The second-order valence-corrected chi connectivity index (χ2v) is 19.1. The van der Waals surface area contributed by atoms with Crippen LogP contribution in [0.15, 0.2) is 11.6 Å². The zero-order valence-electron chi connectivity index (χ0n) is 23.6. The summed E-state index contributed by atoms with van der Waals surface area (Å²) in [6, 6.07) is 0. The van der Waals surface area contributed by atoms with Gasteiger partial charge in [-0.25, -0.2) is 0 Å². The summed E-state index contributed by atoms with van der Waals surface area (Å²) in [6.45, 7) is 21.9. The average molecular weight is 489 g/mol. The Morgan fingerprint density at radius 1 is 1.18 bits per heavy atom. The quantitative estimate of drug-likeness (QED) is 0.222. The molecule has 0 amide bonds. The summed E-state index contributed by atoms with van der Waals surface area (Å²) in [5, 5.41) is 0.270. The Hall–Kier alpha value is -0.613. The van der Waals surface area contributed by atoms with Crippen LogP contribution in [0.5, 0.6) is 0 Å². The molecule has 4 aliphatic rings. The molecule has 2 unspecified atom stereocenters. The van der Waals surface area contributed by atoms with Gasteiger partial charge in [-0.15, -0.1) is 0 Å². The smallest absolute Gasteiger partial charge is 0.306 e. The van der Waals surface area contributed by atoms with Crippen LogP contribution in [0, 0.1) is 40.4 Å². The zero-order valence-corrected chi connectivity index (χ0v) is 24.6. The number of hydrogen-bond donors (Lipinski definition) is 0. The number of carbonyl (C=O) groups is 1.